The van der Waals surface area contributed by atoms with Crippen molar-refractivity contribution in [2.75, 3.05) is 19.7 Å². The van der Waals surface area contributed by atoms with Crippen LogP contribution in [-0.4, -0.2) is 36.9 Å². The number of hydrogen-bond donors (Lipinski definition) is 4. The maximum atomic E-state index is 14.5. The smallest absolute Gasteiger partial charge is 0.207 e. The second-order valence-corrected chi connectivity index (χ2v) is 7.64. The van der Waals surface area contributed by atoms with Crippen molar-refractivity contribution >= 4 is 17.7 Å². The van der Waals surface area contributed by atoms with E-state index in [1.165, 1.54) is 12.1 Å². The molecule has 1 aromatic rings. The molecule has 1 aliphatic carbocycles. The van der Waals surface area contributed by atoms with Crippen molar-refractivity contribution in [2.24, 2.45) is 0 Å². The number of halogens is 1. The van der Waals surface area contributed by atoms with Gasteiger partial charge in [-0.1, -0.05) is 36.8 Å². The highest BCUT2D eigenvalue weighted by molar-refractivity contribution is 5.96. The highest BCUT2D eigenvalue weighted by Crippen LogP contribution is 2.28. The van der Waals surface area contributed by atoms with E-state index in [0.29, 0.717) is 43.6 Å². The molecule has 6 nitrogen and oxygen atoms in total. The number of hydrogen-bond acceptors (Lipinski definition) is 5. The zero-order valence-corrected chi connectivity index (χ0v) is 18.7. The molecule has 0 unspecified atom stereocenters. The summed E-state index contributed by atoms with van der Waals surface area (Å²) in [6, 6.07) is 6.43. The van der Waals surface area contributed by atoms with Crippen LogP contribution in [0.25, 0.3) is 5.57 Å². The lowest BCUT2D eigenvalue weighted by atomic mass is 9.94. The molecule has 0 bridgehead atoms. The lowest BCUT2D eigenvalue weighted by Gasteiger charge is -2.19. The fourth-order valence-corrected chi connectivity index (χ4v) is 3.40. The molecule has 0 spiro atoms. The monoisotopic (exact) mass is 450 g/mol. The minimum Gasteiger partial charge on any atom is -0.396 e. The molecule has 33 heavy (non-hydrogen) atoms. The Labute approximate surface area is 194 Å². The summed E-state index contributed by atoms with van der Waals surface area (Å²) in [6.07, 6.45) is 15.0. The first kappa shape index (κ1) is 25.8. The summed E-state index contributed by atoms with van der Waals surface area (Å²) >= 11 is 0. The van der Waals surface area contributed by atoms with Crippen molar-refractivity contribution in [1.29, 1.82) is 10.7 Å². The highest BCUT2D eigenvalue weighted by Gasteiger charge is 2.14. The molecular weight excluding hydrogens is 419 g/mol. The summed E-state index contributed by atoms with van der Waals surface area (Å²) < 4.78 is 14.5. The van der Waals surface area contributed by atoms with Crippen molar-refractivity contribution in [3.8, 4) is 6.07 Å². The van der Waals surface area contributed by atoms with Crippen LogP contribution in [0.5, 0.6) is 0 Å². The van der Waals surface area contributed by atoms with Crippen LogP contribution in [0, 0.1) is 22.6 Å². The summed E-state index contributed by atoms with van der Waals surface area (Å²) in [5.74, 6) is -0.576. The molecule has 0 fully saturated rings. The summed E-state index contributed by atoms with van der Waals surface area (Å²) in [7, 11) is 0. The zero-order valence-electron chi connectivity index (χ0n) is 18.7. The number of nitrogens with one attached hydrogen (secondary N) is 3. The van der Waals surface area contributed by atoms with Crippen LogP contribution in [-0.2, 0) is 4.79 Å². The van der Waals surface area contributed by atoms with Gasteiger partial charge in [-0.05, 0) is 55.0 Å². The fraction of sp³-hybridized carbons (Fsp3) is 0.346. The molecule has 1 amide bonds. The molecule has 0 saturated heterocycles. The molecule has 0 radical (unpaired) electrons. The first-order chi connectivity index (χ1) is 16.1. The minimum absolute atomic E-state index is 0.00831. The Morgan fingerprint density at radius 3 is 2.73 bits per heavy atom. The number of nitriles is 1. The standard InChI is InChI=1S/C26H31FN4O2/c27-25-17-21(8-9-22(25)18-28)24(7-4-2-1-3-5-14-30-19-33)26(31-15-6-16-32)20-10-12-23(29)13-11-20/h4,7-12,17,19,29,31-32H,1-3,5-6,13-16H2,(H,30,33)/b7-4+,26-24+,29-23?. The SMILES string of the molecule is N#Cc1ccc(C(/C=C/CCCCCNC=O)=C(/NCCCO)C2=CCC(=N)C=C2)cc1F. The van der Waals surface area contributed by atoms with Gasteiger partial charge in [0.2, 0.25) is 6.41 Å². The molecule has 4 N–H and O–H groups in total. The molecule has 0 heterocycles. The molecular formula is C26H31FN4O2. The molecule has 0 aromatic heterocycles. The number of rotatable bonds is 14. The van der Waals surface area contributed by atoms with Crippen LogP contribution in [0.1, 0.15) is 49.7 Å². The van der Waals surface area contributed by atoms with E-state index < -0.39 is 5.82 Å². The normalized spacial score (nSPS) is 14.0. The third kappa shape index (κ3) is 8.51. The van der Waals surface area contributed by atoms with E-state index in [1.807, 2.05) is 30.4 Å². The Hall–Kier alpha value is -3.50. The zero-order chi connectivity index (χ0) is 23.9. The molecule has 0 aliphatic heterocycles. The Morgan fingerprint density at radius 2 is 2.06 bits per heavy atom. The second-order valence-electron chi connectivity index (χ2n) is 7.64. The number of carbonyl (C=O) groups is 1. The van der Waals surface area contributed by atoms with Gasteiger partial charge in [-0.2, -0.15) is 5.26 Å². The number of aliphatic hydroxyl groups excluding tert-OH is 1. The average molecular weight is 451 g/mol. The van der Waals surface area contributed by atoms with Crippen LogP contribution < -0.4 is 10.6 Å². The summed E-state index contributed by atoms with van der Waals surface area (Å²) in [5, 5.41) is 32.2. The van der Waals surface area contributed by atoms with Gasteiger partial charge >= 0.3 is 0 Å². The van der Waals surface area contributed by atoms with Gasteiger partial charge in [0.1, 0.15) is 11.9 Å². The Kier molecular flexibility index (Phi) is 11.3. The molecule has 1 aliphatic rings. The summed E-state index contributed by atoms with van der Waals surface area (Å²) in [4.78, 5) is 10.3. The topological polar surface area (TPSA) is 109 Å². The second kappa shape index (κ2) is 14.5. The molecule has 2 rings (SSSR count). The molecule has 0 atom stereocenters. The van der Waals surface area contributed by atoms with Crippen LogP contribution in [0.4, 0.5) is 4.39 Å². The van der Waals surface area contributed by atoms with Crippen LogP contribution in [0.15, 0.2) is 59.8 Å². The Bertz CT molecular complexity index is 986. The number of aliphatic hydroxyl groups is 1. The summed E-state index contributed by atoms with van der Waals surface area (Å²) in [5.41, 5.74) is 3.61. The third-order valence-electron chi connectivity index (χ3n) is 5.16. The number of nitrogens with zero attached hydrogens (tertiary/aromatic N) is 1. The lowest BCUT2D eigenvalue weighted by molar-refractivity contribution is -0.109. The van der Waals surface area contributed by atoms with Crippen molar-refractivity contribution in [2.45, 2.75) is 38.5 Å². The maximum absolute atomic E-state index is 14.5. The van der Waals surface area contributed by atoms with E-state index in [9.17, 15) is 14.3 Å². The van der Waals surface area contributed by atoms with Gasteiger partial charge in [-0.15, -0.1) is 0 Å². The molecule has 0 saturated carbocycles. The van der Waals surface area contributed by atoms with E-state index in [2.05, 4.69) is 10.6 Å². The van der Waals surface area contributed by atoms with Gasteiger partial charge < -0.3 is 21.1 Å². The van der Waals surface area contributed by atoms with Crippen LogP contribution in [0.2, 0.25) is 0 Å². The number of benzene rings is 1. The number of allylic oxidation sites excluding steroid dienone is 6. The molecule has 174 valence electrons. The molecule has 7 heteroatoms. The van der Waals surface area contributed by atoms with Gasteiger partial charge in [0.15, 0.2) is 0 Å². The highest BCUT2D eigenvalue weighted by atomic mass is 19.1. The Morgan fingerprint density at radius 1 is 1.21 bits per heavy atom. The van der Waals surface area contributed by atoms with Crippen molar-refractivity contribution in [1.82, 2.24) is 10.6 Å². The quantitative estimate of drug-likeness (QED) is 0.194. The van der Waals surface area contributed by atoms with Gasteiger partial charge in [0.25, 0.3) is 0 Å². The molecule has 1 aromatic carbocycles. The largest absolute Gasteiger partial charge is 0.396 e. The van der Waals surface area contributed by atoms with Gasteiger partial charge in [0.05, 0.1) is 5.56 Å². The van der Waals surface area contributed by atoms with E-state index in [-0.39, 0.29) is 12.2 Å². The summed E-state index contributed by atoms with van der Waals surface area (Å²) in [6.45, 7) is 1.25. The minimum atomic E-state index is -0.576. The first-order valence-corrected chi connectivity index (χ1v) is 11.2. The Balaban J connectivity index is 2.37. The first-order valence-electron chi connectivity index (χ1n) is 11.2. The van der Waals surface area contributed by atoms with Crippen LogP contribution >= 0.6 is 0 Å². The van der Waals surface area contributed by atoms with E-state index >= 15 is 0 Å². The van der Waals surface area contributed by atoms with Crippen LogP contribution in [0.3, 0.4) is 0 Å². The third-order valence-corrected chi connectivity index (χ3v) is 5.16. The number of unbranched alkanes of at least 4 members (excludes halogenated alkanes) is 3. The average Bonchev–Trinajstić information content (AvgIpc) is 2.82. The van der Waals surface area contributed by atoms with Gasteiger partial charge in [-0.3, -0.25) is 4.79 Å². The maximum Gasteiger partial charge on any atom is 0.207 e. The fourth-order valence-electron chi connectivity index (χ4n) is 3.40. The van der Waals surface area contributed by atoms with E-state index in [1.54, 1.807) is 12.1 Å². The van der Waals surface area contributed by atoms with E-state index in [0.717, 1.165) is 42.5 Å². The van der Waals surface area contributed by atoms with Crippen molar-refractivity contribution in [3.05, 3.63) is 76.8 Å². The number of amides is 1. The predicted molar refractivity (Wildman–Crippen MR) is 129 cm³/mol. The van der Waals surface area contributed by atoms with Crippen molar-refractivity contribution in [3.63, 3.8) is 0 Å². The number of carbonyl (C=O) groups excluding carboxylic acids is 1. The van der Waals surface area contributed by atoms with Gasteiger partial charge in [-0.25, -0.2) is 4.39 Å². The predicted octanol–water partition coefficient (Wildman–Crippen LogP) is 4.15. The lowest BCUT2D eigenvalue weighted by Crippen LogP contribution is -2.19. The van der Waals surface area contributed by atoms with Crippen molar-refractivity contribution < 1.29 is 14.3 Å². The van der Waals surface area contributed by atoms with Gasteiger partial charge in [0, 0.05) is 43.1 Å². The van der Waals surface area contributed by atoms with E-state index in [4.69, 9.17) is 10.7 Å².